The lowest BCUT2D eigenvalue weighted by atomic mass is 9.58. The lowest BCUT2D eigenvalue weighted by molar-refractivity contribution is -0.143. The number of fused-ring (bicyclic) bond motifs is 2. The van der Waals surface area contributed by atoms with Crippen LogP contribution in [0.25, 0.3) is 0 Å². The van der Waals surface area contributed by atoms with Crippen LogP contribution in [0.5, 0.6) is 0 Å². The Morgan fingerprint density at radius 1 is 1.38 bits per heavy atom. The molecule has 5 atom stereocenters. The fraction of sp³-hybridized carbons (Fsp3) is 0.875. The van der Waals surface area contributed by atoms with Gasteiger partial charge < -0.3 is 9.47 Å². The molecule has 5 nitrogen and oxygen atoms in total. The molecule has 116 valence electrons. The summed E-state index contributed by atoms with van der Waals surface area (Å²) in [6.07, 6.45) is 3.99. The number of carbonyl (C=O) groups excluding carboxylic acids is 2. The average Bonchev–Trinajstić information content (AvgIpc) is 2.92. The van der Waals surface area contributed by atoms with Crippen molar-refractivity contribution in [3.63, 3.8) is 0 Å². The summed E-state index contributed by atoms with van der Waals surface area (Å²) < 4.78 is 11.0. The molecule has 1 amide bonds. The van der Waals surface area contributed by atoms with Crippen molar-refractivity contribution in [1.29, 1.82) is 0 Å². The highest BCUT2D eigenvalue weighted by Gasteiger charge is 2.75. The SMILES string of the molecule is CC(C)(C)OC(=O)N1[C@H]2CCC[C@H]2[C@@H]2C[C@H]3C(=O)OC[C@]321. The maximum absolute atomic E-state index is 12.8. The van der Waals surface area contributed by atoms with Crippen LogP contribution in [0.1, 0.15) is 46.5 Å². The van der Waals surface area contributed by atoms with Crippen LogP contribution in [0.2, 0.25) is 0 Å². The highest BCUT2D eigenvalue weighted by Crippen LogP contribution is 2.65. The Bertz CT molecular complexity index is 511. The Balaban J connectivity index is 1.69. The third-order valence-electron chi connectivity index (χ3n) is 5.88. The van der Waals surface area contributed by atoms with Gasteiger partial charge in [0.2, 0.25) is 0 Å². The van der Waals surface area contributed by atoms with E-state index < -0.39 is 11.1 Å². The molecule has 4 aliphatic rings. The van der Waals surface area contributed by atoms with Gasteiger partial charge in [0.1, 0.15) is 12.2 Å². The lowest BCUT2D eigenvalue weighted by Crippen LogP contribution is -2.65. The maximum Gasteiger partial charge on any atom is 0.411 e. The molecule has 2 heterocycles. The van der Waals surface area contributed by atoms with Crippen LogP contribution in [-0.2, 0) is 14.3 Å². The molecule has 0 radical (unpaired) electrons. The predicted molar refractivity (Wildman–Crippen MR) is 74.5 cm³/mol. The van der Waals surface area contributed by atoms with Gasteiger partial charge in [-0.15, -0.1) is 0 Å². The second-order valence-corrected chi connectivity index (χ2v) is 8.01. The zero-order chi connectivity index (χ0) is 15.0. The maximum atomic E-state index is 12.8. The van der Waals surface area contributed by atoms with Crippen LogP contribution < -0.4 is 0 Å². The molecular formula is C16H23NO4. The molecule has 2 aliphatic heterocycles. The third-order valence-corrected chi connectivity index (χ3v) is 5.88. The van der Waals surface area contributed by atoms with E-state index in [1.54, 1.807) is 0 Å². The Kier molecular flexibility index (Phi) is 2.51. The third kappa shape index (κ3) is 1.58. The minimum atomic E-state index is -0.511. The summed E-state index contributed by atoms with van der Waals surface area (Å²) in [7, 11) is 0. The van der Waals surface area contributed by atoms with E-state index in [1.807, 2.05) is 25.7 Å². The summed E-state index contributed by atoms with van der Waals surface area (Å²) in [5, 5.41) is 0. The van der Waals surface area contributed by atoms with Crippen molar-refractivity contribution in [2.45, 2.75) is 63.6 Å². The molecule has 2 saturated heterocycles. The number of carbonyl (C=O) groups is 2. The molecule has 0 unspecified atom stereocenters. The van der Waals surface area contributed by atoms with E-state index in [4.69, 9.17) is 9.47 Å². The van der Waals surface area contributed by atoms with Gasteiger partial charge in [0.15, 0.2) is 0 Å². The van der Waals surface area contributed by atoms with Crippen LogP contribution >= 0.6 is 0 Å². The van der Waals surface area contributed by atoms with Gasteiger partial charge >= 0.3 is 12.1 Å². The number of amides is 1. The van der Waals surface area contributed by atoms with Crippen molar-refractivity contribution in [2.24, 2.45) is 17.8 Å². The first-order valence-corrected chi connectivity index (χ1v) is 8.03. The second-order valence-electron chi connectivity index (χ2n) is 8.01. The molecule has 1 spiro atoms. The van der Waals surface area contributed by atoms with Crippen molar-refractivity contribution in [2.75, 3.05) is 6.61 Å². The van der Waals surface area contributed by atoms with Gasteiger partial charge in [0, 0.05) is 6.04 Å². The van der Waals surface area contributed by atoms with Gasteiger partial charge in [-0.05, 0) is 51.9 Å². The van der Waals surface area contributed by atoms with Gasteiger partial charge in [-0.2, -0.15) is 0 Å². The standard InChI is InChI=1S/C16H23NO4/c1-15(2,3)21-14(19)17-12-6-4-5-9(12)10-7-11-13(18)20-8-16(10,11)17/h9-12H,4-8H2,1-3H3/t9-,10-,11-,12-,16+/m0/s1. The molecule has 0 bridgehead atoms. The molecule has 5 heteroatoms. The first kappa shape index (κ1) is 13.4. The number of hydrogen-bond donors (Lipinski definition) is 0. The summed E-state index contributed by atoms with van der Waals surface area (Å²) in [4.78, 5) is 26.6. The highest BCUT2D eigenvalue weighted by molar-refractivity contribution is 5.82. The van der Waals surface area contributed by atoms with Gasteiger partial charge in [0.05, 0.1) is 11.5 Å². The fourth-order valence-electron chi connectivity index (χ4n) is 5.20. The van der Waals surface area contributed by atoms with E-state index in [-0.39, 0.29) is 24.0 Å². The molecule has 4 rings (SSSR count). The Labute approximate surface area is 125 Å². The van der Waals surface area contributed by atoms with Gasteiger partial charge in [-0.3, -0.25) is 9.69 Å². The Hall–Kier alpha value is -1.26. The van der Waals surface area contributed by atoms with Gasteiger partial charge in [-0.25, -0.2) is 4.79 Å². The smallest absolute Gasteiger partial charge is 0.411 e. The molecule has 2 saturated carbocycles. The van der Waals surface area contributed by atoms with E-state index >= 15 is 0 Å². The van der Waals surface area contributed by atoms with Crippen molar-refractivity contribution in [1.82, 2.24) is 4.90 Å². The van der Waals surface area contributed by atoms with Crippen molar-refractivity contribution in [3.05, 3.63) is 0 Å². The number of ether oxygens (including phenoxy) is 2. The Morgan fingerprint density at radius 3 is 2.81 bits per heavy atom. The summed E-state index contributed by atoms with van der Waals surface area (Å²) in [5.74, 6) is 0.706. The van der Waals surface area contributed by atoms with E-state index in [9.17, 15) is 9.59 Å². The highest BCUT2D eigenvalue weighted by atomic mass is 16.6. The normalized spacial score (nSPS) is 43.8. The largest absolute Gasteiger partial charge is 0.463 e. The number of likely N-dealkylation sites (tertiary alicyclic amines) is 1. The zero-order valence-corrected chi connectivity index (χ0v) is 12.9. The number of nitrogens with zero attached hydrogens (tertiary/aromatic N) is 1. The van der Waals surface area contributed by atoms with Crippen molar-refractivity contribution in [3.8, 4) is 0 Å². The van der Waals surface area contributed by atoms with Crippen LogP contribution in [-0.4, -0.2) is 40.8 Å². The van der Waals surface area contributed by atoms with E-state index in [0.717, 1.165) is 19.3 Å². The second kappa shape index (κ2) is 3.93. The van der Waals surface area contributed by atoms with Crippen LogP contribution in [0.15, 0.2) is 0 Å². The molecule has 0 aromatic rings. The van der Waals surface area contributed by atoms with E-state index in [2.05, 4.69) is 0 Å². The average molecular weight is 293 g/mol. The molecule has 21 heavy (non-hydrogen) atoms. The van der Waals surface area contributed by atoms with E-state index in [1.165, 1.54) is 6.42 Å². The first-order chi connectivity index (χ1) is 9.84. The van der Waals surface area contributed by atoms with Crippen LogP contribution in [0.3, 0.4) is 0 Å². The van der Waals surface area contributed by atoms with Gasteiger partial charge in [-0.1, -0.05) is 6.42 Å². The number of rotatable bonds is 0. The minimum absolute atomic E-state index is 0.124. The van der Waals surface area contributed by atoms with Crippen LogP contribution in [0, 0.1) is 17.8 Å². The molecule has 2 aliphatic carbocycles. The molecule has 0 aromatic carbocycles. The summed E-state index contributed by atoms with van der Waals surface area (Å²) >= 11 is 0. The monoisotopic (exact) mass is 293 g/mol. The molecule has 4 fully saturated rings. The summed E-state index contributed by atoms with van der Waals surface area (Å²) in [6.45, 7) is 6.03. The van der Waals surface area contributed by atoms with Crippen molar-refractivity contribution >= 4 is 12.1 Å². The number of esters is 1. The zero-order valence-electron chi connectivity index (χ0n) is 12.9. The first-order valence-electron chi connectivity index (χ1n) is 8.03. The Morgan fingerprint density at radius 2 is 2.14 bits per heavy atom. The van der Waals surface area contributed by atoms with Crippen molar-refractivity contribution < 1.29 is 19.1 Å². The molecule has 0 N–H and O–H groups in total. The predicted octanol–water partition coefficient (Wildman–Crippen LogP) is 2.34. The quantitative estimate of drug-likeness (QED) is 0.643. The lowest BCUT2D eigenvalue weighted by Gasteiger charge is -2.50. The molecule has 0 aromatic heterocycles. The minimum Gasteiger partial charge on any atom is -0.463 e. The fourth-order valence-corrected chi connectivity index (χ4v) is 5.20. The number of hydrogen-bond acceptors (Lipinski definition) is 4. The van der Waals surface area contributed by atoms with Crippen LogP contribution in [0.4, 0.5) is 4.79 Å². The van der Waals surface area contributed by atoms with E-state index in [0.29, 0.717) is 18.4 Å². The number of cyclic esters (lactones) is 1. The summed E-state index contributed by atoms with van der Waals surface area (Å²) in [5.41, 5.74) is -0.905. The van der Waals surface area contributed by atoms with Gasteiger partial charge in [0.25, 0.3) is 0 Å². The molecular weight excluding hydrogens is 270 g/mol. The summed E-state index contributed by atoms with van der Waals surface area (Å²) in [6, 6.07) is 0.240. The topological polar surface area (TPSA) is 55.8 Å².